The van der Waals surface area contributed by atoms with Crippen LogP contribution < -0.4 is 15.0 Å². The van der Waals surface area contributed by atoms with Crippen molar-refractivity contribution in [2.24, 2.45) is 0 Å². The first-order chi connectivity index (χ1) is 13.4. The smallest absolute Gasteiger partial charge is 0.263 e. The first-order valence-corrected chi connectivity index (χ1v) is 10.1. The van der Waals surface area contributed by atoms with E-state index in [1.807, 2.05) is 13.8 Å². The van der Waals surface area contributed by atoms with Crippen molar-refractivity contribution in [2.45, 2.75) is 38.8 Å². The summed E-state index contributed by atoms with van der Waals surface area (Å²) < 4.78 is 20.1. The fourth-order valence-electron chi connectivity index (χ4n) is 3.16. The molecule has 0 radical (unpaired) electrons. The van der Waals surface area contributed by atoms with Crippen molar-refractivity contribution in [3.8, 4) is 5.75 Å². The molecule has 2 amide bonds. The lowest BCUT2D eigenvalue weighted by Gasteiger charge is -2.35. The van der Waals surface area contributed by atoms with Crippen LogP contribution in [-0.4, -0.2) is 30.5 Å². The fraction of sp³-hybridized carbons (Fsp3) is 0.333. The molecule has 2 aromatic carbocycles. The van der Waals surface area contributed by atoms with Crippen molar-refractivity contribution in [1.82, 2.24) is 5.32 Å². The predicted molar refractivity (Wildman–Crippen MR) is 109 cm³/mol. The van der Waals surface area contributed by atoms with Gasteiger partial charge in [-0.2, -0.15) is 0 Å². The first-order valence-electron chi connectivity index (χ1n) is 9.27. The van der Waals surface area contributed by atoms with E-state index in [-0.39, 0.29) is 24.1 Å². The van der Waals surface area contributed by atoms with Crippen LogP contribution in [0.25, 0.3) is 0 Å². The molecule has 0 aromatic heterocycles. The number of hydrogen-bond acceptors (Lipinski definition) is 3. The lowest BCUT2D eigenvalue weighted by Crippen LogP contribution is -2.52. The van der Waals surface area contributed by atoms with Gasteiger partial charge in [-0.3, -0.25) is 9.59 Å². The molecule has 1 N–H and O–H groups in total. The number of ether oxygens (including phenoxy) is 1. The van der Waals surface area contributed by atoms with Crippen LogP contribution in [0, 0.1) is 5.82 Å². The van der Waals surface area contributed by atoms with Gasteiger partial charge in [0.1, 0.15) is 11.6 Å². The molecule has 28 heavy (non-hydrogen) atoms. The Hall–Kier alpha value is -2.41. The van der Waals surface area contributed by atoms with Gasteiger partial charge < -0.3 is 15.0 Å². The Morgan fingerprint density at radius 2 is 1.96 bits per heavy atom. The van der Waals surface area contributed by atoms with E-state index in [0.29, 0.717) is 15.9 Å². The molecule has 0 fully saturated rings. The number of nitrogens with zero attached hydrogens (tertiary/aromatic N) is 1. The van der Waals surface area contributed by atoms with E-state index < -0.39 is 17.8 Å². The summed E-state index contributed by atoms with van der Waals surface area (Å²) in [5.41, 5.74) is 0.742. The van der Waals surface area contributed by atoms with Gasteiger partial charge in [-0.05, 0) is 59.1 Å². The normalized spacial score (nSPS) is 15.8. The molecular formula is C21H22BrFN2O3. The van der Waals surface area contributed by atoms with Gasteiger partial charge in [0.05, 0.1) is 17.8 Å². The van der Waals surface area contributed by atoms with Gasteiger partial charge in [-0.25, -0.2) is 4.39 Å². The van der Waals surface area contributed by atoms with Crippen LogP contribution in [0.5, 0.6) is 5.75 Å². The molecule has 2 aromatic rings. The molecule has 7 heteroatoms. The standard InChI is InChI=1S/C21H22BrFN2O3/c1-3-14(4-2)24-20(26)19-12-25(17-7-5-6-8-18(17)28-19)21(27)15-11-13(23)9-10-16(15)22/h5-11,14,19H,3-4,12H2,1-2H3,(H,24,26)/t19-/m1/s1. The summed E-state index contributed by atoms with van der Waals surface area (Å²) in [6.45, 7) is 4.05. The Bertz CT molecular complexity index is 886. The van der Waals surface area contributed by atoms with E-state index in [9.17, 15) is 14.0 Å². The van der Waals surface area contributed by atoms with Crippen molar-refractivity contribution < 1.29 is 18.7 Å². The van der Waals surface area contributed by atoms with Crippen LogP contribution in [0.3, 0.4) is 0 Å². The van der Waals surface area contributed by atoms with Crippen molar-refractivity contribution in [3.63, 3.8) is 0 Å². The van der Waals surface area contributed by atoms with Crippen LogP contribution in [0.1, 0.15) is 37.0 Å². The van der Waals surface area contributed by atoms with Crippen molar-refractivity contribution in [3.05, 3.63) is 58.3 Å². The highest BCUT2D eigenvalue weighted by molar-refractivity contribution is 9.10. The van der Waals surface area contributed by atoms with Gasteiger partial charge in [0.15, 0.2) is 6.10 Å². The number of para-hydroxylation sites is 2. The molecule has 1 aliphatic heterocycles. The van der Waals surface area contributed by atoms with Crippen LogP contribution in [-0.2, 0) is 4.79 Å². The fourth-order valence-corrected chi connectivity index (χ4v) is 3.57. The van der Waals surface area contributed by atoms with E-state index in [1.54, 1.807) is 24.3 Å². The highest BCUT2D eigenvalue weighted by atomic mass is 79.9. The van der Waals surface area contributed by atoms with Crippen LogP contribution in [0.15, 0.2) is 46.9 Å². The van der Waals surface area contributed by atoms with E-state index in [2.05, 4.69) is 21.2 Å². The van der Waals surface area contributed by atoms with Gasteiger partial charge in [0, 0.05) is 10.5 Å². The maximum atomic E-state index is 13.7. The van der Waals surface area contributed by atoms with Gasteiger partial charge >= 0.3 is 0 Å². The molecule has 0 unspecified atom stereocenters. The van der Waals surface area contributed by atoms with Gasteiger partial charge in [-0.15, -0.1) is 0 Å². The average molecular weight is 449 g/mol. The summed E-state index contributed by atoms with van der Waals surface area (Å²) in [6, 6.07) is 11.0. The number of amides is 2. The number of rotatable bonds is 5. The quantitative estimate of drug-likeness (QED) is 0.741. The summed E-state index contributed by atoms with van der Waals surface area (Å²) >= 11 is 3.31. The van der Waals surface area contributed by atoms with Gasteiger partial charge in [-0.1, -0.05) is 26.0 Å². The van der Waals surface area contributed by atoms with E-state index in [4.69, 9.17) is 4.74 Å². The number of anilines is 1. The molecule has 0 saturated carbocycles. The Balaban J connectivity index is 1.92. The lowest BCUT2D eigenvalue weighted by molar-refractivity contribution is -0.128. The number of benzene rings is 2. The summed E-state index contributed by atoms with van der Waals surface area (Å²) in [6.07, 6.45) is 0.779. The highest BCUT2D eigenvalue weighted by Gasteiger charge is 2.35. The molecule has 1 aliphatic rings. The second kappa shape index (κ2) is 8.73. The first kappa shape index (κ1) is 20.3. The Morgan fingerprint density at radius 3 is 2.68 bits per heavy atom. The zero-order chi connectivity index (χ0) is 20.3. The molecule has 1 heterocycles. The minimum absolute atomic E-state index is 0.0464. The summed E-state index contributed by atoms with van der Waals surface area (Å²) in [5.74, 6) is -0.725. The largest absolute Gasteiger partial charge is 0.477 e. The third-order valence-corrected chi connectivity index (χ3v) is 5.49. The topological polar surface area (TPSA) is 58.6 Å². The van der Waals surface area contributed by atoms with E-state index in [1.165, 1.54) is 23.1 Å². The number of carbonyl (C=O) groups excluding carboxylic acids is 2. The average Bonchev–Trinajstić information content (AvgIpc) is 2.72. The van der Waals surface area contributed by atoms with E-state index in [0.717, 1.165) is 12.8 Å². The second-order valence-electron chi connectivity index (χ2n) is 6.64. The molecule has 0 bridgehead atoms. The molecule has 0 aliphatic carbocycles. The van der Waals surface area contributed by atoms with Crippen molar-refractivity contribution in [2.75, 3.05) is 11.4 Å². The predicted octanol–water partition coefficient (Wildman–Crippen LogP) is 4.30. The van der Waals surface area contributed by atoms with E-state index >= 15 is 0 Å². The van der Waals surface area contributed by atoms with Crippen molar-refractivity contribution in [1.29, 1.82) is 0 Å². The summed E-state index contributed by atoms with van der Waals surface area (Å²) in [5, 5.41) is 2.97. The molecule has 0 saturated heterocycles. The third-order valence-electron chi connectivity index (χ3n) is 4.80. The summed E-state index contributed by atoms with van der Waals surface area (Å²) in [4.78, 5) is 27.4. The maximum absolute atomic E-state index is 13.7. The summed E-state index contributed by atoms with van der Waals surface area (Å²) in [7, 11) is 0. The number of carbonyl (C=O) groups is 2. The number of hydrogen-bond donors (Lipinski definition) is 1. The molecule has 3 rings (SSSR count). The molecule has 1 atom stereocenters. The monoisotopic (exact) mass is 448 g/mol. The van der Waals surface area contributed by atoms with Gasteiger partial charge in [0.25, 0.3) is 11.8 Å². The van der Waals surface area contributed by atoms with Crippen LogP contribution >= 0.6 is 15.9 Å². The highest BCUT2D eigenvalue weighted by Crippen LogP contribution is 2.35. The minimum Gasteiger partial charge on any atom is -0.477 e. The zero-order valence-corrected chi connectivity index (χ0v) is 17.3. The molecule has 5 nitrogen and oxygen atoms in total. The van der Waals surface area contributed by atoms with Gasteiger partial charge in [0.2, 0.25) is 0 Å². The minimum atomic E-state index is -0.841. The molecular weight excluding hydrogens is 427 g/mol. The molecule has 0 spiro atoms. The third kappa shape index (κ3) is 4.19. The SMILES string of the molecule is CCC(CC)NC(=O)[C@H]1CN(C(=O)c2cc(F)ccc2Br)c2ccccc2O1. The van der Waals surface area contributed by atoms with Crippen molar-refractivity contribution >= 4 is 33.4 Å². The molecule has 148 valence electrons. The lowest BCUT2D eigenvalue weighted by atomic mass is 10.1. The Kier molecular flexibility index (Phi) is 6.34. The number of halogens is 2. The number of nitrogens with one attached hydrogen (secondary N) is 1. The maximum Gasteiger partial charge on any atom is 0.263 e. The zero-order valence-electron chi connectivity index (χ0n) is 15.7. The Morgan fingerprint density at radius 1 is 1.25 bits per heavy atom. The second-order valence-corrected chi connectivity index (χ2v) is 7.49. The Labute approximate surface area is 172 Å². The number of fused-ring (bicyclic) bond motifs is 1. The van der Waals surface area contributed by atoms with Crippen LogP contribution in [0.2, 0.25) is 0 Å². The van der Waals surface area contributed by atoms with Crippen LogP contribution in [0.4, 0.5) is 10.1 Å².